The van der Waals surface area contributed by atoms with Gasteiger partial charge in [-0.15, -0.1) is 0 Å². The van der Waals surface area contributed by atoms with Crippen LogP contribution in [-0.2, 0) is 6.54 Å². The molecule has 5 heteroatoms. The zero-order chi connectivity index (χ0) is 15.6. The fourth-order valence-corrected chi connectivity index (χ4v) is 3.21. The first-order chi connectivity index (χ1) is 9.95. The van der Waals surface area contributed by atoms with Gasteiger partial charge >= 0.3 is 0 Å². The van der Waals surface area contributed by atoms with Crippen molar-refractivity contribution in [3.05, 3.63) is 55.5 Å². The van der Waals surface area contributed by atoms with Gasteiger partial charge in [-0.3, -0.25) is 0 Å². The lowest BCUT2D eigenvalue weighted by Crippen LogP contribution is -2.11. The van der Waals surface area contributed by atoms with Crippen LogP contribution in [0.5, 0.6) is 0 Å². The Bertz CT molecular complexity index is 642. The van der Waals surface area contributed by atoms with Crippen molar-refractivity contribution in [3.63, 3.8) is 0 Å². The summed E-state index contributed by atoms with van der Waals surface area (Å²) in [7, 11) is 0. The summed E-state index contributed by atoms with van der Waals surface area (Å²) < 4.78 is 0. The average Bonchev–Trinajstić information content (AvgIpc) is 2.45. The molecule has 2 aromatic carbocycles. The second-order valence-corrected chi connectivity index (χ2v) is 6.34. The van der Waals surface area contributed by atoms with E-state index < -0.39 is 0 Å². The summed E-state index contributed by atoms with van der Waals surface area (Å²) in [5.74, 6) is 0. The topological polar surface area (TPSA) is 12.0 Å². The molecule has 0 amide bonds. The minimum absolute atomic E-state index is 0.400. The molecule has 112 valence electrons. The third kappa shape index (κ3) is 3.67. The maximum absolute atomic E-state index is 6.31. The summed E-state index contributed by atoms with van der Waals surface area (Å²) in [6.07, 6.45) is 0. The van der Waals surface area contributed by atoms with Gasteiger partial charge in [-0.05, 0) is 36.2 Å². The summed E-state index contributed by atoms with van der Waals surface area (Å²) in [5, 5.41) is 4.95. The maximum Gasteiger partial charge on any atom is 0.0686 e. The molecular formula is C16H15Cl4N. The molecule has 0 aliphatic carbocycles. The van der Waals surface area contributed by atoms with Gasteiger partial charge < -0.3 is 5.32 Å². The molecule has 0 saturated heterocycles. The van der Waals surface area contributed by atoms with Crippen LogP contribution in [0.15, 0.2) is 24.3 Å². The number of aryl methyl sites for hydroxylation is 1. The van der Waals surface area contributed by atoms with Crippen LogP contribution in [0.1, 0.15) is 18.1 Å². The van der Waals surface area contributed by atoms with E-state index >= 15 is 0 Å². The standard InChI is InChI=1S/C16H15Cl4N/c1-3-21-8-10-4-5-11(9(2)6-10)14-15(19)12(17)7-13(18)16(14)20/h4-7,21H,3,8H2,1-2H3. The van der Waals surface area contributed by atoms with Gasteiger partial charge in [0, 0.05) is 12.1 Å². The Balaban J connectivity index is 2.53. The predicted octanol–water partition coefficient (Wildman–Crippen LogP) is 6.39. The molecule has 0 fully saturated rings. The molecule has 21 heavy (non-hydrogen) atoms. The zero-order valence-electron chi connectivity index (χ0n) is 11.7. The van der Waals surface area contributed by atoms with Crippen molar-refractivity contribution in [2.75, 3.05) is 6.54 Å². The normalized spacial score (nSPS) is 11.0. The molecule has 0 aromatic heterocycles. The Hall–Kier alpha value is -0.440. The van der Waals surface area contributed by atoms with Crippen LogP contribution in [0.2, 0.25) is 20.1 Å². The Morgan fingerprint density at radius 2 is 1.57 bits per heavy atom. The monoisotopic (exact) mass is 361 g/mol. The summed E-state index contributed by atoms with van der Waals surface area (Å²) in [5.41, 5.74) is 3.91. The van der Waals surface area contributed by atoms with E-state index in [0.29, 0.717) is 25.7 Å². The molecule has 0 aliphatic rings. The van der Waals surface area contributed by atoms with Crippen molar-refractivity contribution >= 4 is 46.4 Å². The maximum atomic E-state index is 6.31. The second kappa shape index (κ2) is 7.21. The molecule has 0 spiro atoms. The van der Waals surface area contributed by atoms with Crippen LogP contribution in [0, 0.1) is 6.92 Å². The van der Waals surface area contributed by atoms with Gasteiger partial charge in [-0.2, -0.15) is 0 Å². The highest BCUT2D eigenvalue weighted by molar-refractivity contribution is 6.50. The molecule has 2 aromatic rings. The smallest absolute Gasteiger partial charge is 0.0686 e. The first-order valence-corrected chi connectivity index (χ1v) is 8.10. The lowest BCUT2D eigenvalue weighted by Gasteiger charge is -2.14. The molecule has 0 saturated carbocycles. The van der Waals surface area contributed by atoms with Crippen molar-refractivity contribution in [3.8, 4) is 11.1 Å². The Labute approximate surface area is 145 Å². The third-order valence-electron chi connectivity index (χ3n) is 3.25. The lowest BCUT2D eigenvalue weighted by molar-refractivity contribution is 0.726. The van der Waals surface area contributed by atoms with Gasteiger partial charge in [0.05, 0.1) is 20.1 Å². The van der Waals surface area contributed by atoms with Crippen LogP contribution in [0.4, 0.5) is 0 Å². The molecule has 0 radical (unpaired) electrons. The van der Waals surface area contributed by atoms with Crippen LogP contribution in [-0.4, -0.2) is 6.54 Å². The molecule has 0 unspecified atom stereocenters. The molecule has 0 aliphatic heterocycles. The van der Waals surface area contributed by atoms with Crippen molar-refractivity contribution < 1.29 is 0 Å². The van der Waals surface area contributed by atoms with Gasteiger partial charge in [0.15, 0.2) is 0 Å². The fourth-order valence-electron chi connectivity index (χ4n) is 2.20. The Kier molecular flexibility index (Phi) is 5.81. The van der Waals surface area contributed by atoms with E-state index in [1.807, 2.05) is 19.1 Å². The van der Waals surface area contributed by atoms with Crippen LogP contribution in [0.3, 0.4) is 0 Å². The van der Waals surface area contributed by atoms with Crippen LogP contribution >= 0.6 is 46.4 Å². The van der Waals surface area contributed by atoms with Gasteiger partial charge in [0.2, 0.25) is 0 Å². The predicted molar refractivity (Wildman–Crippen MR) is 94.0 cm³/mol. The zero-order valence-corrected chi connectivity index (χ0v) is 14.8. The fraction of sp³-hybridized carbons (Fsp3) is 0.250. The number of rotatable bonds is 4. The summed E-state index contributed by atoms with van der Waals surface area (Å²) >= 11 is 24.8. The van der Waals surface area contributed by atoms with E-state index in [0.717, 1.165) is 24.2 Å². The highest BCUT2D eigenvalue weighted by Crippen LogP contribution is 2.44. The number of hydrogen-bond donors (Lipinski definition) is 1. The quantitative estimate of drug-likeness (QED) is 0.621. The minimum atomic E-state index is 0.400. The first kappa shape index (κ1) is 16.9. The average molecular weight is 363 g/mol. The molecule has 0 bridgehead atoms. The summed E-state index contributed by atoms with van der Waals surface area (Å²) in [6.45, 7) is 5.86. The summed E-state index contributed by atoms with van der Waals surface area (Å²) in [4.78, 5) is 0. The molecule has 0 heterocycles. The van der Waals surface area contributed by atoms with Gasteiger partial charge in [-0.25, -0.2) is 0 Å². The number of halogens is 4. The van der Waals surface area contributed by atoms with Crippen molar-refractivity contribution in [2.24, 2.45) is 0 Å². The summed E-state index contributed by atoms with van der Waals surface area (Å²) in [6, 6.07) is 7.72. The molecule has 2 rings (SSSR count). The van der Waals surface area contributed by atoms with Crippen molar-refractivity contribution in [1.29, 1.82) is 0 Å². The second-order valence-electron chi connectivity index (χ2n) is 4.77. The van der Waals surface area contributed by atoms with Gasteiger partial charge in [-0.1, -0.05) is 71.5 Å². The van der Waals surface area contributed by atoms with Gasteiger partial charge in [0.1, 0.15) is 0 Å². The van der Waals surface area contributed by atoms with Crippen LogP contribution < -0.4 is 5.32 Å². The Morgan fingerprint density at radius 3 is 2.10 bits per heavy atom. The third-order valence-corrected chi connectivity index (χ3v) is 4.83. The Morgan fingerprint density at radius 1 is 0.952 bits per heavy atom. The van der Waals surface area contributed by atoms with Crippen molar-refractivity contribution in [1.82, 2.24) is 5.32 Å². The number of hydrogen-bond acceptors (Lipinski definition) is 1. The van der Waals surface area contributed by atoms with E-state index in [2.05, 4.69) is 18.3 Å². The van der Waals surface area contributed by atoms with Gasteiger partial charge in [0.25, 0.3) is 0 Å². The molecule has 1 N–H and O–H groups in total. The molecule has 0 atom stereocenters. The largest absolute Gasteiger partial charge is 0.313 e. The number of nitrogens with one attached hydrogen (secondary N) is 1. The van der Waals surface area contributed by atoms with E-state index in [-0.39, 0.29) is 0 Å². The highest BCUT2D eigenvalue weighted by Gasteiger charge is 2.17. The van der Waals surface area contributed by atoms with E-state index in [1.165, 1.54) is 5.56 Å². The molecule has 1 nitrogen and oxygen atoms in total. The van der Waals surface area contributed by atoms with Crippen LogP contribution in [0.25, 0.3) is 11.1 Å². The van der Waals surface area contributed by atoms with E-state index in [1.54, 1.807) is 6.07 Å². The van der Waals surface area contributed by atoms with E-state index in [4.69, 9.17) is 46.4 Å². The SMILES string of the molecule is CCNCc1ccc(-c2c(Cl)c(Cl)cc(Cl)c2Cl)c(C)c1. The number of benzene rings is 2. The minimum Gasteiger partial charge on any atom is -0.313 e. The van der Waals surface area contributed by atoms with E-state index in [9.17, 15) is 0 Å². The molecular weight excluding hydrogens is 348 g/mol. The van der Waals surface area contributed by atoms with Crippen molar-refractivity contribution in [2.45, 2.75) is 20.4 Å². The highest BCUT2D eigenvalue weighted by atomic mass is 35.5. The first-order valence-electron chi connectivity index (χ1n) is 6.59. The lowest BCUT2D eigenvalue weighted by atomic mass is 9.98.